The molecule has 0 spiro atoms. The van der Waals surface area contributed by atoms with Gasteiger partial charge in [0.1, 0.15) is 0 Å². The highest BCUT2D eigenvalue weighted by Gasteiger charge is 2.15. The number of aryl methyl sites for hydroxylation is 1. The fourth-order valence-electron chi connectivity index (χ4n) is 2.49. The Morgan fingerprint density at radius 1 is 1.15 bits per heavy atom. The third-order valence-electron chi connectivity index (χ3n) is 3.92. The summed E-state index contributed by atoms with van der Waals surface area (Å²) in [5.41, 5.74) is 2.57. The molecule has 5 nitrogen and oxygen atoms in total. The van der Waals surface area contributed by atoms with E-state index in [1.807, 2.05) is 54.8 Å². The fraction of sp³-hybridized carbons (Fsp3) is 0.211. The van der Waals surface area contributed by atoms with E-state index in [0.29, 0.717) is 27.4 Å². The minimum Gasteiger partial charge on any atom is -0.325 e. The quantitative estimate of drug-likeness (QED) is 0.548. The van der Waals surface area contributed by atoms with Crippen LogP contribution in [0.4, 0.5) is 5.69 Å². The molecule has 0 aliphatic heterocycles. The van der Waals surface area contributed by atoms with Crippen molar-refractivity contribution < 1.29 is 4.79 Å². The predicted molar refractivity (Wildman–Crippen MR) is 112 cm³/mol. The zero-order valence-corrected chi connectivity index (χ0v) is 17.2. The smallest absolute Gasteiger partial charge is 0.234 e. The van der Waals surface area contributed by atoms with Crippen LogP contribution in [0, 0.1) is 6.92 Å². The van der Waals surface area contributed by atoms with E-state index >= 15 is 0 Å². The van der Waals surface area contributed by atoms with Gasteiger partial charge in [-0.1, -0.05) is 41.0 Å². The SMILES string of the molecule is CCn1c(SCC(=O)Nc2ccc(C)c(Cl)c2)nnc1-c1ccc(Cl)cc1. The van der Waals surface area contributed by atoms with Gasteiger partial charge in [0, 0.05) is 27.8 Å². The topological polar surface area (TPSA) is 59.8 Å². The monoisotopic (exact) mass is 420 g/mol. The van der Waals surface area contributed by atoms with Gasteiger partial charge in [0.05, 0.1) is 5.75 Å². The van der Waals surface area contributed by atoms with Crippen LogP contribution in [-0.4, -0.2) is 26.4 Å². The van der Waals surface area contributed by atoms with Gasteiger partial charge in [-0.15, -0.1) is 10.2 Å². The van der Waals surface area contributed by atoms with Crippen molar-refractivity contribution in [2.75, 3.05) is 11.1 Å². The van der Waals surface area contributed by atoms with Gasteiger partial charge in [-0.05, 0) is 55.8 Å². The van der Waals surface area contributed by atoms with Crippen molar-refractivity contribution in [2.45, 2.75) is 25.5 Å². The van der Waals surface area contributed by atoms with E-state index < -0.39 is 0 Å². The molecule has 1 amide bonds. The number of hydrogen-bond donors (Lipinski definition) is 1. The zero-order chi connectivity index (χ0) is 19.4. The summed E-state index contributed by atoms with van der Waals surface area (Å²) in [6, 6.07) is 12.9. The number of aromatic nitrogens is 3. The molecular formula is C19H18Cl2N4OS. The Morgan fingerprint density at radius 2 is 1.89 bits per heavy atom. The molecular weight excluding hydrogens is 403 g/mol. The number of carbonyl (C=O) groups is 1. The highest BCUT2D eigenvalue weighted by molar-refractivity contribution is 7.99. The molecule has 3 rings (SSSR count). The highest BCUT2D eigenvalue weighted by atomic mass is 35.5. The summed E-state index contributed by atoms with van der Waals surface area (Å²) in [5.74, 6) is 0.852. The van der Waals surface area contributed by atoms with Crippen LogP contribution in [0.15, 0.2) is 47.6 Å². The van der Waals surface area contributed by atoms with Crippen LogP contribution in [-0.2, 0) is 11.3 Å². The third kappa shape index (κ3) is 4.83. The second kappa shape index (κ2) is 8.78. The molecule has 8 heteroatoms. The maximum Gasteiger partial charge on any atom is 0.234 e. The molecule has 0 saturated carbocycles. The van der Waals surface area contributed by atoms with Crippen molar-refractivity contribution in [3.63, 3.8) is 0 Å². The molecule has 0 atom stereocenters. The molecule has 0 aliphatic rings. The van der Waals surface area contributed by atoms with Crippen LogP contribution in [0.2, 0.25) is 10.0 Å². The fourth-order valence-corrected chi connectivity index (χ4v) is 3.60. The molecule has 1 heterocycles. The second-order valence-electron chi connectivity index (χ2n) is 5.86. The van der Waals surface area contributed by atoms with E-state index in [1.54, 1.807) is 6.07 Å². The molecule has 1 aromatic heterocycles. The lowest BCUT2D eigenvalue weighted by molar-refractivity contribution is -0.113. The number of nitrogens with zero attached hydrogens (tertiary/aromatic N) is 3. The van der Waals surface area contributed by atoms with Crippen molar-refractivity contribution in [1.29, 1.82) is 0 Å². The van der Waals surface area contributed by atoms with Crippen LogP contribution in [0.3, 0.4) is 0 Å². The Bertz CT molecular complexity index is 957. The molecule has 0 bridgehead atoms. The van der Waals surface area contributed by atoms with Gasteiger partial charge >= 0.3 is 0 Å². The lowest BCUT2D eigenvalue weighted by Gasteiger charge is -2.08. The lowest BCUT2D eigenvalue weighted by Crippen LogP contribution is -2.14. The average molecular weight is 421 g/mol. The van der Waals surface area contributed by atoms with Crippen molar-refractivity contribution >= 4 is 46.6 Å². The van der Waals surface area contributed by atoms with E-state index in [9.17, 15) is 4.79 Å². The molecule has 0 aliphatic carbocycles. The number of thioether (sulfide) groups is 1. The maximum atomic E-state index is 12.2. The van der Waals surface area contributed by atoms with Gasteiger partial charge in [-0.3, -0.25) is 4.79 Å². The van der Waals surface area contributed by atoms with Gasteiger partial charge < -0.3 is 9.88 Å². The number of benzene rings is 2. The minimum absolute atomic E-state index is 0.126. The van der Waals surface area contributed by atoms with Crippen LogP contribution in [0.5, 0.6) is 0 Å². The summed E-state index contributed by atoms with van der Waals surface area (Å²) in [6.45, 7) is 4.63. The predicted octanol–water partition coefficient (Wildman–Crippen LogP) is 5.31. The molecule has 0 saturated heterocycles. The summed E-state index contributed by atoms with van der Waals surface area (Å²) in [4.78, 5) is 12.2. The van der Waals surface area contributed by atoms with Crippen LogP contribution in [0.1, 0.15) is 12.5 Å². The number of amides is 1. The second-order valence-corrected chi connectivity index (χ2v) is 7.64. The summed E-state index contributed by atoms with van der Waals surface area (Å²) in [6.07, 6.45) is 0. The number of halogens is 2. The van der Waals surface area contributed by atoms with E-state index in [0.717, 1.165) is 17.0 Å². The first-order valence-corrected chi connectivity index (χ1v) is 10.1. The minimum atomic E-state index is -0.126. The van der Waals surface area contributed by atoms with Crippen LogP contribution in [0.25, 0.3) is 11.4 Å². The Hall–Kier alpha value is -2.02. The first kappa shape index (κ1) is 19.7. The van der Waals surface area contributed by atoms with E-state index in [2.05, 4.69) is 15.5 Å². The third-order valence-corrected chi connectivity index (χ3v) is 5.55. The summed E-state index contributed by atoms with van der Waals surface area (Å²) < 4.78 is 1.98. The molecule has 2 aromatic carbocycles. The summed E-state index contributed by atoms with van der Waals surface area (Å²) in [5, 5.41) is 13.3. The van der Waals surface area contributed by atoms with Crippen molar-refractivity contribution in [3.8, 4) is 11.4 Å². The Morgan fingerprint density at radius 3 is 2.56 bits per heavy atom. The molecule has 3 aromatic rings. The van der Waals surface area contributed by atoms with E-state index in [4.69, 9.17) is 23.2 Å². The highest BCUT2D eigenvalue weighted by Crippen LogP contribution is 2.25. The largest absolute Gasteiger partial charge is 0.325 e. The Labute approximate surface area is 172 Å². The standard InChI is InChI=1S/C19H18Cl2N4OS/c1-3-25-18(13-5-7-14(20)8-6-13)23-24-19(25)27-11-17(26)22-15-9-4-12(2)16(21)10-15/h4-10H,3,11H2,1-2H3,(H,22,26). The number of hydrogen-bond acceptors (Lipinski definition) is 4. The maximum absolute atomic E-state index is 12.2. The van der Waals surface area contributed by atoms with Gasteiger partial charge in [-0.2, -0.15) is 0 Å². The molecule has 0 radical (unpaired) electrons. The Kier molecular flexibility index (Phi) is 6.42. The van der Waals surface area contributed by atoms with Gasteiger partial charge in [0.25, 0.3) is 0 Å². The number of carbonyl (C=O) groups excluding carboxylic acids is 1. The molecule has 1 N–H and O–H groups in total. The normalized spacial score (nSPS) is 10.8. The molecule has 27 heavy (non-hydrogen) atoms. The van der Waals surface area contributed by atoms with Crippen molar-refractivity contribution in [2.24, 2.45) is 0 Å². The Balaban J connectivity index is 1.68. The van der Waals surface area contributed by atoms with Crippen LogP contribution < -0.4 is 5.32 Å². The first-order valence-electron chi connectivity index (χ1n) is 8.36. The molecule has 140 valence electrons. The summed E-state index contributed by atoms with van der Waals surface area (Å²) >= 11 is 13.4. The summed E-state index contributed by atoms with van der Waals surface area (Å²) in [7, 11) is 0. The lowest BCUT2D eigenvalue weighted by atomic mass is 10.2. The number of nitrogens with one attached hydrogen (secondary N) is 1. The zero-order valence-electron chi connectivity index (χ0n) is 14.9. The average Bonchev–Trinajstić information content (AvgIpc) is 3.06. The van der Waals surface area contributed by atoms with Crippen LogP contribution >= 0.6 is 35.0 Å². The van der Waals surface area contributed by atoms with E-state index in [-0.39, 0.29) is 11.7 Å². The van der Waals surface area contributed by atoms with Crippen molar-refractivity contribution in [3.05, 3.63) is 58.1 Å². The van der Waals surface area contributed by atoms with Gasteiger partial charge in [0.2, 0.25) is 5.91 Å². The number of rotatable bonds is 6. The first-order chi connectivity index (χ1) is 13.0. The van der Waals surface area contributed by atoms with Gasteiger partial charge in [0.15, 0.2) is 11.0 Å². The molecule has 0 fully saturated rings. The number of anilines is 1. The van der Waals surface area contributed by atoms with E-state index in [1.165, 1.54) is 11.8 Å². The molecule has 0 unspecified atom stereocenters. The van der Waals surface area contributed by atoms with Gasteiger partial charge in [-0.25, -0.2) is 0 Å². The van der Waals surface area contributed by atoms with Crippen molar-refractivity contribution in [1.82, 2.24) is 14.8 Å².